The number of hydrogen-bond acceptors (Lipinski definition) is 3. The van der Waals surface area contributed by atoms with Crippen LogP contribution in [0.15, 0.2) is 24.3 Å². The number of rotatable bonds is 4. The van der Waals surface area contributed by atoms with Crippen molar-refractivity contribution in [3.63, 3.8) is 0 Å². The minimum Gasteiger partial charge on any atom is -0.478 e. The first-order chi connectivity index (χ1) is 9.04. The third kappa shape index (κ3) is 2.51. The van der Waals surface area contributed by atoms with E-state index in [0.717, 1.165) is 17.7 Å². The predicted molar refractivity (Wildman–Crippen MR) is 72.8 cm³/mol. The lowest BCUT2D eigenvalue weighted by molar-refractivity contribution is 0.0695. The molecule has 5 nitrogen and oxygen atoms in total. The molecular weight excluding hydrogens is 242 g/mol. The second-order valence-corrected chi connectivity index (χ2v) is 4.47. The molecular formula is C14H17N3O2. The van der Waals surface area contributed by atoms with Crippen LogP contribution in [0.3, 0.4) is 0 Å². The first-order valence-corrected chi connectivity index (χ1v) is 6.13. The zero-order valence-corrected chi connectivity index (χ0v) is 11.1. The number of nitrogens with two attached hydrogens (primary N) is 1. The number of hydrogen-bond donors (Lipinski definition) is 2. The Bertz CT molecular complexity index is 600. The molecule has 2 aromatic rings. The number of carboxylic acid groups (broad SMARTS) is 1. The molecule has 0 bridgehead atoms. The molecule has 0 aliphatic rings. The Hall–Kier alpha value is -2.14. The van der Waals surface area contributed by atoms with E-state index in [-0.39, 0.29) is 5.56 Å². The SMILES string of the molecule is Cc1nn(-c2ccc(CCN)cc2)c(C)c1C(=O)O. The highest BCUT2D eigenvalue weighted by atomic mass is 16.4. The maximum absolute atomic E-state index is 11.2. The number of carboxylic acids is 1. The monoisotopic (exact) mass is 259 g/mol. The molecule has 0 aliphatic carbocycles. The summed E-state index contributed by atoms with van der Waals surface area (Å²) in [6, 6.07) is 7.82. The van der Waals surface area contributed by atoms with E-state index >= 15 is 0 Å². The molecule has 5 heteroatoms. The van der Waals surface area contributed by atoms with E-state index in [1.54, 1.807) is 18.5 Å². The normalized spacial score (nSPS) is 10.7. The smallest absolute Gasteiger partial charge is 0.339 e. The minimum absolute atomic E-state index is 0.269. The van der Waals surface area contributed by atoms with E-state index in [4.69, 9.17) is 10.8 Å². The third-order valence-corrected chi connectivity index (χ3v) is 3.12. The fourth-order valence-electron chi connectivity index (χ4n) is 2.17. The molecule has 0 amide bonds. The molecule has 0 saturated heterocycles. The van der Waals surface area contributed by atoms with Gasteiger partial charge in [-0.15, -0.1) is 0 Å². The molecule has 0 saturated carbocycles. The fourth-order valence-corrected chi connectivity index (χ4v) is 2.17. The van der Waals surface area contributed by atoms with Crippen LogP contribution in [0.2, 0.25) is 0 Å². The second kappa shape index (κ2) is 5.24. The molecule has 0 unspecified atom stereocenters. The maximum atomic E-state index is 11.2. The predicted octanol–water partition coefficient (Wildman–Crippen LogP) is 1.69. The molecule has 2 rings (SSSR count). The van der Waals surface area contributed by atoms with Gasteiger partial charge in [-0.25, -0.2) is 9.48 Å². The second-order valence-electron chi connectivity index (χ2n) is 4.47. The Morgan fingerprint density at radius 3 is 2.42 bits per heavy atom. The zero-order valence-electron chi connectivity index (χ0n) is 11.1. The molecule has 0 aliphatic heterocycles. The number of aryl methyl sites for hydroxylation is 1. The Morgan fingerprint density at radius 1 is 1.32 bits per heavy atom. The molecule has 100 valence electrons. The van der Waals surface area contributed by atoms with Gasteiger partial charge in [0, 0.05) is 0 Å². The lowest BCUT2D eigenvalue weighted by atomic mass is 10.1. The van der Waals surface area contributed by atoms with Crippen LogP contribution in [0.1, 0.15) is 27.3 Å². The Kier molecular flexibility index (Phi) is 3.66. The summed E-state index contributed by atoms with van der Waals surface area (Å²) in [5.41, 5.74) is 8.95. The van der Waals surface area contributed by atoms with Crippen molar-refractivity contribution in [1.82, 2.24) is 9.78 Å². The highest BCUT2D eigenvalue weighted by molar-refractivity contribution is 5.90. The molecule has 1 aromatic heterocycles. The van der Waals surface area contributed by atoms with E-state index in [1.807, 2.05) is 24.3 Å². The number of carbonyl (C=O) groups is 1. The quantitative estimate of drug-likeness (QED) is 0.875. The summed E-state index contributed by atoms with van der Waals surface area (Å²) in [6.07, 6.45) is 0.831. The first-order valence-electron chi connectivity index (χ1n) is 6.13. The van der Waals surface area contributed by atoms with E-state index in [1.165, 1.54) is 0 Å². The summed E-state index contributed by atoms with van der Waals surface area (Å²) in [5, 5.41) is 13.4. The van der Waals surface area contributed by atoms with Crippen LogP contribution < -0.4 is 5.73 Å². The average Bonchev–Trinajstić information content (AvgIpc) is 2.66. The van der Waals surface area contributed by atoms with Crippen LogP contribution in [-0.2, 0) is 6.42 Å². The molecule has 0 spiro atoms. The third-order valence-electron chi connectivity index (χ3n) is 3.12. The molecule has 0 atom stereocenters. The van der Waals surface area contributed by atoms with Crippen molar-refractivity contribution in [3.8, 4) is 5.69 Å². The van der Waals surface area contributed by atoms with Crippen molar-refractivity contribution in [2.75, 3.05) is 6.54 Å². The van der Waals surface area contributed by atoms with Crippen LogP contribution >= 0.6 is 0 Å². The first kappa shape index (κ1) is 13.3. The van der Waals surface area contributed by atoms with Crippen molar-refractivity contribution in [2.24, 2.45) is 5.73 Å². The molecule has 1 heterocycles. The van der Waals surface area contributed by atoms with Crippen LogP contribution in [0, 0.1) is 13.8 Å². The topological polar surface area (TPSA) is 81.1 Å². The van der Waals surface area contributed by atoms with E-state index in [0.29, 0.717) is 17.9 Å². The Labute approximate surface area is 111 Å². The fraction of sp³-hybridized carbons (Fsp3) is 0.286. The maximum Gasteiger partial charge on any atom is 0.339 e. The summed E-state index contributed by atoms with van der Waals surface area (Å²) in [6.45, 7) is 4.08. The summed E-state index contributed by atoms with van der Waals surface area (Å²) in [5.74, 6) is -0.944. The number of benzene rings is 1. The highest BCUT2D eigenvalue weighted by Crippen LogP contribution is 2.18. The van der Waals surface area contributed by atoms with Gasteiger partial charge in [0.2, 0.25) is 0 Å². The van der Waals surface area contributed by atoms with Crippen LogP contribution in [0.25, 0.3) is 5.69 Å². The highest BCUT2D eigenvalue weighted by Gasteiger charge is 2.18. The summed E-state index contributed by atoms with van der Waals surface area (Å²) < 4.78 is 1.66. The number of aromatic nitrogens is 2. The van der Waals surface area contributed by atoms with Gasteiger partial charge < -0.3 is 10.8 Å². The summed E-state index contributed by atoms with van der Waals surface area (Å²) >= 11 is 0. The van der Waals surface area contributed by atoms with Gasteiger partial charge in [0.05, 0.1) is 17.1 Å². The number of nitrogens with zero attached hydrogens (tertiary/aromatic N) is 2. The Morgan fingerprint density at radius 2 is 1.95 bits per heavy atom. The van der Waals surface area contributed by atoms with E-state index < -0.39 is 5.97 Å². The Balaban J connectivity index is 2.42. The van der Waals surface area contributed by atoms with Crippen LogP contribution in [-0.4, -0.2) is 27.4 Å². The molecule has 0 fully saturated rings. The van der Waals surface area contributed by atoms with Gasteiger partial charge in [-0.3, -0.25) is 0 Å². The van der Waals surface area contributed by atoms with Crippen LogP contribution in [0.5, 0.6) is 0 Å². The van der Waals surface area contributed by atoms with Crippen LogP contribution in [0.4, 0.5) is 0 Å². The van der Waals surface area contributed by atoms with Crippen molar-refractivity contribution in [3.05, 3.63) is 46.8 Å². The van der Waals surface area contributed by atoms with Gasteiger partial charge in [0.25, 0.3) is 0 Å². The average molecular weight is 259 g/mol. The van der Waals surface area contributed by atoms with Gasteiger partial charge in [0.1, 0.15) is 5.56 Å². The molecule has 0 radical (unpaired) electrons. The van der Waals surface area contributed by atoms with Gasteiger partial charge in [-0.1, -0.05) is 12.1 Å². The van der Waals surface area contributed by atoms with Gasteiger partial charge in [0.15, 0.2) is 0 Å². The summed E-state index contributed by atoms with van der Waals surface area (Å²) in [4.78, 5) is 11.2. The van der Waals surface area contributed by atoms with Gasteiger partial charge in [-0.05, 0) is 44.5 Å². The van der Waals surface area contributed by atoms with E-state index in [9.17, 15) is 4.79 Å². The van der Waals surface area contributed by atoms with Gasteiger partial charge >= 0.3 is 5.97 Å². The molecule has 1 aromatic carbocycles. The molecule has 3 N–H and O–H groups in total. The van der Waals surface area contributed by atoms with Gasteiger partial charge in [-0.2, -0.15) is 5.10 Å². The van der Waals surface area contributed by atoms with Crippen molar-refractivity contribution in [1.29, 1.82) is 0 Å². The van der Waals surface area contributed by atoms with Crippen molar-refractivity contribution >= 4 is 5.97 Å². The minimum atomic E-state index is -0.944. The van der Waals surface area contributed by atoms with Crippen molar-refractivity contribution in [2.45, 2.75) is 20.3 Å². The lowest BCUT2D eigenvalue weighted by Gasteiger charge is -2.06. The lowest BCUT2D eigenvalue weighted by Crippen LogP contribution is -2.04. The zero-order chi connectivity index (χ0) is 14.0. The molecule has 19 heavy (non-hydrogen) atoms. The largest absolute Gasteiger partial charge is 0.478 e. The van der Waals surface area contributed by atoms with Crippen molar-refractivity contribution < 1.29 is 9.90 Å². The standard InChI is InChI=1S/C14H17N3O2/c1-9-13(14(18)19)10(2)17(16-9)12-5-3-11(4-6-12)7-8-15/h3-6H,7-8,15H2,1-2H3,(H,18,19). The number of aromatic carboxylic acids is 1. The summed E-state index contributed by atoms with van der Waals surface area (Å²) in [7, 11) is 0. The van der Waals surface area contributed by atoms with E-state index in [2.05, 4.69) is 5.10 Å².